The van der Waals surface area contributed by atoms with Gasteiger partial charge in [0.1, 0.15) is 5.56 Å². The van der Waals surface area contributed by atoms with Crippen LogP contribution < -0.4 is 5.32 Å². The lowest BCUT2D eigenvalue weighted by molar-refractivity contribution is -0.385. The molecule has 0 saturated heterocycles. The van der Waals surface area contributed by atoms with Gasteiger partial charge in [-0.05, 0) is 62.3 Å². The van der Waals surface area contributed by atoms with E-state index in [1.807, 2.05) is 13.0 Å². The quantitative estimate of drug-likeness (QED) is 0.668. The van der Waals surface area contributed by atoms with Crippen LogP contribution in [-0.2, 0) is 12.8 Å². The normalized spacial score (nSPS) is 14.5. The summed E-state index contributed by atoms with van der Waals surface area (Å²) in [6.07, 6.45) is 4.63. The Balaban J connectivity index is 1.82. The van der Waals surface area contributed by atoms with E-state index in [1.165, 1.54) is 30.0 Å². The summed E-state index contributed by atoms with van der Waals surface area (Å²) >= 11 is 0. The number of hydrogen-bond donors (Lipinski definition) is 1. The van der Waals surface area contributed by atoms with Crippen molar-refractivity contribution in [3.05, 3.63) is 74.3 Å². The molecule has 1 aliphatic carbocycles. The van der Waals surface area contributed by atoms with Crippen LogP contribution in [-0.4, -0.2) is 10.8 Å². The van der Waals surface area contributed by atoms with Crippen molar-refractivity contribution in [2.75, 3.05) is 0 Å². The number of amides is 1. The Labute approximate surface area is 147 Å². The molecule has 2 aromatic carbocycles. The summed E-state index contributed by atoms with van der Waals surface area (Å²) in [6, 6.07) is 10.9. The third-order valence-corrected chi connectivity index (χ3v) is 4.89. The van der Waals surface area contributed by atoms with Gasteiger partial charge in [0.15, 0.2) is 0 Å². The topological polar surface area (TPSA) is 72.2 Å². The van der Waals surface area contributed by atoms with Crippen LogP contribution in [0.2, 0.25) is 0 Å². The van der Waals surface area contributed by atoms with E-state index in [4.69, 9.17) is 0 Å². The molecule has 2 aromatic rings. The van der Waals surface area contributed by atoms with Crippen molar-refractivity contribution in [2.24, 2.45) is 0 Å². The molecule has 25 heavy (non-hydrogen) atoms. The van der Waals surface area contributed by atoms with E-state index in [0.29, 0.717) is 5.56 Å². The van der Waals surface area contributed by atoms with E-state index in [1.54, 1.807) is 19.1 Å². The fraction of sp³-hybridized carbons (Fsp3) is 0.350. The number of nitrogens with one attached hydrogen (secondary N) is 1. The molecule has 0 aromatic heterocycles. The van der Waals surface area contributed by atoms with Crippen molar-refractivity contribution in [1.82, 2.24) is 5.32 Å². The fourth-order valence-corrected chi connectivity index (χ4v) is 3.46. The van der Waals surface area contributed by atoms with E-state index >= 15 is 0 Å². The van der Waals surface area contributed by atoms with Gasteiger partial charge in [0, 0.05) is 5.56 Å². The minimum absolute atomic E-state index is 0.106. The van der Waals surface area contributed by atoms with Gasteiger partial charge in [0.2, 0.25) is 0 Å². The summed E-state index contributed by atoms with van der Waals surface area (Å²) in [5, 5.41) is 14.2. The first-order valence-corrected chi connectivity index (χ1v) is 8.64. The van der Waals surface area contributed by atoms with E-state index in [2.05, 4.69) is 17.4 Å². The Morgan fingerprint density at radius 2 is 1.88 bits per heavy atom. The Hall–Kier alpha value is -2.69. The third-order valence-electron chi connectivity index (χ3n) is 4.89. The Bertz CT molecular complexity index is 830. The number of aryl methyl sites for hydroxylation is 3. The number of fused-ring (bicyclic) bond motifs is 1. The van der Waals surface area contributed by atoms with Crippen LogP contribution in [0.3, 0.4) is 0 Å². The smallest absolute Gasteiger partial charge is 0.285 e. The second-order valence-corrected chi connectivity index (χ2v) is 6.66. The summed E-state index contributed by atoms with van der Waals surface area (Å²) in [5.41, 5.74) is 4.24. The van der Waals surface area contributed by atoms with E-state index in [-0.39, 0.29) is 17.3 Å². The number of rotatable bonds is 4. The first kappa shape index (κ1) is 17.1. The monoisotopic (exact) mass is 338 g/mol. The van der Waals surface area contributed by atoms with Gasteiger partial charge < -0.3 is 5.32 Å². The van der Waals surface area contributed by atoms with Crippen molar-refractivity contribution >= 4 is 11.6 Å². The molecule has 0 spiro atoms. The van der Waals surface area contributed by atoms with Crippen LogP contribution in [0, 0.1) is 17.0 Å². The lowest BCUT2D eigenvalue weighted by Crippen LogP contribution is -2.27. The van der Waals surface area contributed by atoms with E-state index in [9.17, 15) is 14.9 Å². The maximum atomic E-state index is 12.6. The van der Waals surface area contributed by atoms with Gasteiger partial charge in [0.25, 0.3) is 11.6 Å². The average Bonchev–Trinajstić information content (AvgIpc) is 2.60. The molecule has 0 bridgehead atoms. The van der Waals surface area contributed by atoms with Crippen molar-refractivity contribution in [1.29, 1.82) is 0 Å². The molecule has 1 amide bonds. The lowest BCUT2D eigenvalue weighted by Gasteiger charge is -2.20. The van der Waals surface area contributed by atoms with Crippen molar-refractivity contribution in [3.63, 3.8) is 0 Å². The average molecular weight is 338 g/mol. The zero-order chi connectivity index (χ0) is 18.0. The number of carbonyl (C=O) groups is 1. The van der Waals surface area contributed by atoms with Gasteiger partial charge >= 0.3 is 0 Å². The van der Waals surface area contributed by atoms with Crippen LogP contribution in [0.5, 0.6) is 0 Å². The molecule has 5 heteroatoms. The fourth-order valence-electron chi connectivity index (χ4n) is 3.46. The van der Waals surface area contributed by atoms with Gasteiger partial charge in [-0.25, -0.2) is 0 Å². The Morgan fingerprint density at radius 1 is 1.16 bits per heavy atom. The van der Waals surface area contributed by atoms with Gasteiger partial charge in [-0.15, -0.1) is 0 Å². The molecule has 1 unspecified atom stereocenters. The molecule has 3 rings (SSSR count). The van der Waals surface area contributed by atoms with Crippen LogP contribution in [0.15, 0.2) is 36.4 Å². The summed E-state index contributed by atoms with van der Waals surface area (Å²) in [6.45, 7) is 3.55. The SMILES string of the molecule is Cc1cccc(C(=O)NC(C)c2ccc3c(c2)CCCC3)c1[N+](=O)[O-]. The molecular formula is C20H22N2O3. The Morgan fingerprint density at radius 3 is 2.60 bits per heavy atom. The molecular weight excluding hydrogens is 316 g/mol. The second kappa shape index (κ2) is 7.05. The molecule has 0 saturated carbocycles. The van der Waals surface area contributed by atoms with E-state index in [0.717, 1.165) is 18.4 Å². The number of nitro benzene ring substituents is 1. The van der Waals surface area contributed by atoms with Gasteiger partial charge in [-0.2, -0.15) is 0 Å². The second-order valence-electron chi connectivity index (χ2n) is 6.66. The van der Waals surface area contributed by atoms with Crippen LogP contribution >= 0.6 is 0 Å². The van der Waals surface area contributed by atoms with Crippen molar-refractivity contribution in [2.45, 2.75) is 45.6 Å². The number of hydrogen-bond acceptors (Lipinski definition) is 3. The summed E-state index contributed by atoms with van der Waals surface area (Å²) < 4.78 is 0. The number of benzene rings is 2. The number of carbonyl (C=O) groups excluding carboxylic acids is 1. The minimum atomic E-state index is -0.492. The molecule has 0 heterocycles. The van der Waals surface area contributed by atoms with Gasteiger partial charge in [0.05, 0.1) is 11.0 Å². The molecule has 1 aliphatic rings. The summed E-state index contributed by atoms with van der Waals surface area (Å²) in [5.74, 6) is -0.416. The largest absolute Gasteiger partial charge is 0.345 e. The van der Waals surface area contributed by atoms with Crippen LogP contribution in [0.25, 0.3) is 0 Å². The number of para-hydroxylation sites is 1. The molecule has 5 nitrogen and oxygen atoms in total. The highest BCUT2D eigenvalue weighted by atomic mass is 16.6. The number of nitrogens with zero attached hydrogens (tertiary/aromatic N) is 1. The molecule has 130 valence electrons. The van der Waals surface area contributed by atoms with E-state index < -0.39 is 10.8 Å². The first-order valence-electron chi connectivity index (χ1n) is 8.64. The third kappa shape index (κ3) is 3.55. The predicted molar refractivity (Wildman–Crippen MR) is 96.8 cm³/mol. The highest BCUT2D eigenvalue weighted by molar-refractivity contribution is 5.98. The lowest BCUT2D eigenvalue weighted by atomic mass is 9.89. The molecule has 0 radical (unpaired) electrons. The highest BCUT2D eigenvalue weighted by Gasteiger charge is 2.23. The molecule has 1 N–H and O–H groups in total. The van der Waals surface area contributed by atoms with Crippen LogP contribution in [0.1, 0.15) is 58.4 Å². The molecule has 0 aliphatic heterocycles. The van der Waals surface area contributed by atoms with Gasteiger partial charge in [-0.3, -0.25) is 14.9 Å². The minimum Gasteiger partial charge on any atom is -0.345 e. The van der Waals surface area contributed by atoms with Gasteiger partial charge in [-0.1, -0.05) is 30.3 Å². The molecule has 0 fully saturated rings. The van der Waals surface area contributed by atoms with Crippen molar-refractivity contribution < 1.29 is 9.72 Å². The zero-order valence-electron chi connectivity index (χ0n) is 14.5. The number of nitro groups is 1. The Kier molecular flexibility index (Phi) is 4.83. The summed E-state index contributed by atoms with van der Waals surface area (Å²) in [7, 11) is 0. The first-order chi connectivity index (χ1) is 12.0. The highest BCUT2D eigenvalue weighted by Crippen LogP contribution is 2.26. The zero-order valence-corrected chi connectivity index (χ0v) is 14.5. The standard InChI is InChI=1S/C20H22N2O3/c1-13-6-5-9-18(19(13)22(24)25)20(23)21-14(2)16-11-10-15-7-3-4-8-17(15)12-16/h5-6,9-12,14H,3-4,7-8H2,1-2H3,(H,21,23). The maximum absolute atomic E-state index is 12.6. The van der Waals surface area contributed by atoms with Crippen molar-refractivity contribution in [3.8, 4) is 0 Å². The maximum Gasteiger partial charge on any atom is 0.285 e. The molecule has 1 atom stereocenters. The predicted octanol–water partition coefficient (Wildman–Crippen LogP) is 4.27. The summed E-state index contributed by atoms with van der Waals surface area (Å²) in [4.78, 5) is 23.4. The van der Waals surface area contributed by atoms with Crippen LogP contribution in [0.4, 0.5) is 5.69 Å².